The van der Waals surface area contributed by atoms with E-state index in [-0.39, 0.29) is 11.9 Å². The number of ether oxygens (including phenoxy) is 1. The highest BCUT2D eigenvalue weighted by Crippen LogP contribution is 2.22. The van der Waals surface area contributed by atoms with Crippen LogP contribution in [0.3, 0.4) is 0 Å². The van der Waals surface area contributed by atoms with E-state index in [1.54, 1.807) is 7.11 Å². The minimum atomic E-state index is -0.0822. The first-order valence-corrected chi connectivity index (χ1v) is 6.28. The molecule has 0 bridgehead atoms. The Kier molecular flexibility index (Phi) is 3.82. The second-order valence-corrected chi connectivity index (χ2v) is 5.04. The topological polar surface area (TPSA) is 50.4 Å². The molecule has 2 rings (SSSR count). The van der Waals surface area contributed by atoms with Crippen molar-refractivity contribution >= 4 is 5.91 Å². The van der Waals surface area contributed by atoms with Gasteiger partial charge in [-0.25, -0.2) is 0 Å². The van der Waals surface area contributed by atoms with E-state index >= 15 is 0 Å². The Labute approximate surface area is 97.1 Å². The van der Waals surface area contributed by atoms with Crippen molar-refractivity contribution < 1.29 is 9.53 Å². The molecule has 0 heterocycles. The number of hydrogen-bond donors (Lipinski definition) is 2. The fourth-order valence-electron chi connectivity index (χ4n) is 2.29. The third-order valence-corrected chi connectivity index (χ3v) is 3.52. The Morgan fingerprint density at radius 1 is 1.25 bits per heavy atom. The predicted molar refractivity (Wildman–Crippen MR) is 62.2 cm³/mol. The van der Waals surface area contributed by atoms with Gasteiger partial charge in [0.2, 0.25) is 5.91 Å². The van der Waals surface area contributed by atoms with Gasteiger partial charge in [0.15, 0.2) is 0 Å². The molecule has 3 unspecified atom stereocenters. The van der Waals surface area contributed by atoms with Crippen LogP contribution in [0.1, 0.15) is 39.0 Å². The standard InChI is InChI=1S/C12H22N2O2/c1-8(12(15)14-9-3-4-9)13-10-5-6-11(7-10)16-2/h8-11,13H,3-7H2,1-2H3,(H,14,15). The summed E-state index contributed by atoms with van der Waals surface area (Å²) < 4.78 is 5.32. The molecule has 0 aromatic heterocycles. The van der Waals surface area contributed by atoms with Crippen LogP contribution in [-0.2, 0) is 9.53 Å². The van der Waals surface area contributed by atoms with Crippen molar-refractivity contribution in [2.24, 2.45) is 0 Å². The van der Waals surface area contributed by atoms with Gasteiger partial charge >= 0.3 is 0 Å². The van der Waals surface area contributed by atoms with E-state index in [1.807, 2.05) is 6.92 Å². The van der Waals surface area contributed by atoms with Gasteiger partial charge in [-0.05, 0) is 39.0 Å². The second kappa shape index (κ2) is 5.15. The maximum atomic E-state index is 11.7. The van der Waals surface area contributed by atoms with Crippen molar-refractivity contribution in [2.75, 3.05) is 7.11 Å². The summed E-state index contributed by atoms with van der Waals surface area (Å²) in [4.78, 5) is 11.7. The molecule has 4 nitrogen and oxygen atoms in total. The van der Waals surface area contributed by atoms with Crippen LogP contribution in [0.5, 0.6) is 0 Å². The first-order valence-electron chi connectivity index (χ1n) is 6.28. The summed E-state index contributed by atoms with van der Waals surface area (Å²) in [5.74, 6) is 0.142. The van der Waals surface area contributed by atoms with Crippen LogP contribution in [0.15, 0.2) is 0 Å². The SMILES string of the molecule is COC1CCC(NC(C)C(=O)NC2CC2)C1. The molecule has 4 heteroatoms. The molecule has 2 fully saturated rings. The Morgan fingerprint density at radius 2 is 1.94 bits per heavy atom. The molecule has 2 saturated carbocycles. The number of methoxy groups -OCH3 is 1. The summed E-state index contributed by atoms with van der Waals surface area (Å²) >= 11 is 0. The number of hydrogen-bond acceptors (Lipinski definition) is 3. The molecule has 16 heavy (non-hydrogen) atoms. The Hall–Kier alpha value is -0.610. The Bertz CT molecular complexity index is 253. The van der Waals surface area contributed by atoms with Crippen molar-refractivity contribution in [1.82, 2.24) is 10.6 Å². The van der Waals surface area contributed by atoms with E-state index in [2.05, 4.69) is 10.6 Å². The number of amides is 1. The fraction of sp³-hybridized carbons (Fsp3) is 0.917. The Balaban J connectivity index is 1.69. The van der Waals surface area contributed by atoms with Gasteiger partial charge in [0.25, 0.3) is 0 Å². The zero-order valence-electron chi connectivity index (χ0n) is 10.2. The molecule has 0 radical (unpaired) electrons. The van der Waals surface area contributed by atoms with Gasteiger partial charge in [-0.3, -0.25) is 4.79 Å². The lowest BCUT2D eigenvalue weighted by Crippen LogP contribution is -2.46. The molecule has 3 atom stereocenters. The predicted octanol–water partition coefficient (Wildman–Crippen LogP) is 0.811. The summed E-state index contributed by atoms with van der Waals surface area (Å²) in [6, 6.07) is 0.804. The molecule has 0 spiro atoms. The smallest absolute Gasteiger partial charge is 0.237 e. The normalized spacial score (nSPS) is 31.4. The van der Waals surface area contributed by atoms with Crippen LogP contribution in [0, 0.1) is 0 Å². The molecule has 2 aliphatic carbocycles. The lowest BCUT2D eigenvalue weighted by molar-refractivity contribution is -0.123. The first kappa shape index (κ1) is 11.9. The van der Waals surface area contributed by atoms with E-state index in [4.69, 9.17) is 4.74 Å². The van der Waals surface area contributed by atoms with Crippen LogP contribution < -0.4 is 10.6 Å². The molecule has 92 valence electrons. The van der Waals surface area contributed by atoms with Crippen LogP contribution in [0.25, 0.3) is 0 Å². The van der Waals surface area contributed by atoms with Gasteiger partial charge in [-0.2, -0.15) is 0 Å². The Morgan fingerprint density at radius 3 is 2.50 bits per heavy atom. The monoisotopic (exact) mass is 226 g/mol. The van der Waals surface area contributed by atoms with E-state index in [1.165, 1.54) is 0 Å². The molecule has 0 aromatic rings. The summed E-state index contributed by atoms with van der Waals surface area (Å²) in [6.45, 7) is 1.94. The van der Waals surface area contributed by atoms with Gasteiger partial charge in [0.05, 0.1) is 12.1 Å². The highest BCUT2D eigenvalue weighted by atomic mass is 16.5. The highest BCUT2D eigenvalue weighted by molar-refractivity contribution is 5.81. The van der Waals surface area contributed by atoms with Crippen molar-refractivity contribution in [1.29, 1.82) is 0 Å². The van der Waals surface area contributed by atoms with Crippen molar-refractivity contribution in [2.45, 2.75) is 63.3 Å². The lowest BCUT2D eigenvalue weighted by atomic mass is 10.2. The maximum absolute atomic E-state index is 11.7. The summed E-state index contributed by atoms with van der Waals surface area (Å²) in [6.07, 6.45) is 5.90. The van der Waals surface area contributed by atoms with Crippen LogP contribution in [0.2, 0.25) is 0 Å². The molecule has 0 aromatic carbocycles. The fourth-order valence-corrected chi connectivity index (χ4v) is 2.29. The summed E-state index contributed by atoms with van der Waals surface area (Å²) in [5.41, 5.74) is 0. The number of carbonyl (C=O) groups is 1. The quantitative estimate of drug-likeness (QED) is 0.729. The lowest BCUT2D eigenvalue weighted by Gasteiger charge is -2.19. The van der Waals surface area contributed by atoms with Gasteiger partial charge in [0.1, 0.15) is 0 Å². The minimum absolute atomic E-state index is 0.0822. The van der Waals surface area contributed by atoms with E-state index in [9.17, 15) is 4.79 Å². The van der Waals surface area contributed by atoms with Crippen LogP contribution in [0.4, 0.5) is 0 Å². The van der Waals surface area contributed by atoms with Crippen molar-refractivity contribution in [3.05, 3.63) is 0 Å². The zero-order chi connectivity index (χ0) is 11.5. The van der Waals surface area contributed by atoms with Gasteiger partial charge < -0.3 is 15.4 Å². The molecule has 0 aliphatic heterocycles. The highest BCUT2D eigenvalue weighted by Gasteiger charge is 2.29. The van der Waals surface area contributed by atoms with E-state index in [0.29, 0.717) is 18.2 Å². The molecule has 2 N–H and O–H groups in total. The van der Waals surface area contributed by atoms with Gasteiger partial charge in [-0.1, -0.05) is 0 Å². The first-order chi connectivity index (χ1) is 7.69. The molecule has 0 saturated heterocycles. The largest absolute Gasteiger partial charge is 0.381 e. The minimum Gasteiger partial charge on any atom is -0.381 e. The molecule has 2 aliphatic rings. The average Bonchev–Trinajstić information content (AvgIpc) is 2.96. The number of nitrogens with one attached hydrogen (secondary N) is 2. The van der Waals surface area contributed by atoms with Crippen LogP contribution in [-0.4, -0.2) is 37.2 Å². The van der Waals surface area contributed by atoms with Gasteiger partial charge in [0, 0.05) is 19.2 Å². The third kappa shape index (κ3) is 3.19. The average molecular weight is 226 g/mol. The van der Waals surface area contributed by atoms with E-state index < -0.39 is 0 Å². The number of rotatable bonds is 5. The third-order valence-electron chi connectivity index (χ3n) is 3.52. The molecular formula is C12H22N2O2. The summed E-state index contributed by atoms with van der Waals surface area (Å²) in [7, 11) is 1.76. The van der Waals surface area contributed by atoms with Crippen LogP contribution >= 0.6 is 0 Å². The van der Waals surface area contributed by atoms with E-state index in [0.717, 1.165) is 32.1 Å². The van der Waals surface area contributed by atoms with Crippen molar-refractivity contribution in [3.8, 4) is 0 Å². The second-order valence-electron chi connectivity index (χ2n) is 5.04. The van der Waals surface area contributed by atoms with Crippen molar-refractivity contribution in [3.63, 3.8) is 0 Å². The zero-order valence-corrected chi connectivity index (χ0v) is 10.2. The van der Waals surface area contributed by atoms with Gasteiger partial charge in [-0.15, -0.1) is 0 Å². The molecular weight excluding hydrogens is 204 g/mol. The summed E-state index contributed by atoms with van der Waals surface area (Å²) in [5, 5.41) is 6.40. The molecule has 1 amide bonds. The number of carbonyl (C=O) groups excluding carboxylic acids is 1. The maximum Gasteiger partial charge on any atom is 0.237 e.